The van der Waals surface area contributed by atoms with E-state index in [1.807, 2.05) is 0 Å². The van der Waals surface area contributed by atoms with Crippen LogP contribution in [0.1, 0.15) is 5.69 Å². The van der Waals surface area contributed by atoms with Crippen molar-refractivity contribution in [3.8, 4) is 0 Å². The van der Waals surface area contributed by atoms with Crippen LogP contribution in [0.5, 0.6) is 0 Å². The highest BCUT2D eigenvalue weighted by Crippen LogP contribution is 2.21. The van der Waals surface area contributed by atoms with Crippen LogP contribution >= 0.6 is 23.4 Å². The number of hydrogen-bond donors (Lipinski definition) is 1. The summed E-state index contributed by atoms with van der Waals surface area (Å²) < 4.78 is 14.4. The topological polar surface area (TPSA) is 97.2 Å². The summed E-state index contributed by atoms with van der Waals surface area (Å²) in [5, 5.41) is 9.60. The molecule has 0 bridgehead atoms. The lowest BCUT2D eigenvalue weighted by molar-refractivity contribution is -0.125. The predicted molar refractivity (Wildman–Crippen MR) is 88.5 cm³/mol. The summed E-state index contributed by atoms with van der Waals surface area (Å²) in [5.41, 5.74) is 0.774. The molecule has 1 N–H and O–H groups in total. The molecule has 0 unspecified atom stereocenters. The largest absolute Gasteiger partial charge is 0.324 e. The van der Waals surface area contributed by atoms with E-state index in [1.165, 1.54) is 23.0 Å². The quantitative estimate of drug-likeness (QED) is 0.847. The lowest BCUT2D eigenvalue weighted by atomic mass is 10.3. The van der Waals surface area contributed by atoms with Crippen LogP contribution in [0.15, 0.2) is 24.4 Å². The van der Waals surface area contributed by atoms with E-state index in [2.05, 4.69) is 15.6 Å². The molecule has 1 aromatic carbocycles. The van der Waals surface area contributed by atoms with Crippen molar-refractivity contribution < 1.29 is 18.8 Å². The molecule has 1 fully saturated rings. The van der Waals surface area contributed by atoms with E-state index in [9.17, 15) is 18.8 Å². The lowest BCUT2D eigenvalue weighted by Gasteiger charge is -2.13. The normalized spacial score (nSPS) is 14.2. The third-order valence-electron chi connectivity index (χ3n) is 3.36. The summed E-state index contributed by atoms with van der Waals surface area (Å²) in [4.78, 5) is 36.5. The minimum absolute atomic E-state index is 0.00662. The first-order chi connectivity index (χ1) is 11.9. The van der Waals surface area contributed by atoms with Crippen molar-refractivity contribution in [1.29, 1.82) is 0 Å². The highest BCUT2D eigenvalue weighted by atomic mass is 35.5. The van der Waals surface area contributed by atoms with Gasteiger partial charge in [0.05, 0.1) is 29.2 Å². The molecule has 0 radical (unpaired) electrons. The van der Waals surface area contributed by atoms with Crippen LogP contribution in [0, 0.1) is 5.82 Å². The number of carbonyl (C=O) groups is 3. The van der Waals surface area contributed by atoms with Gasteiger partial charge in [0.25, 0.3) is 5.24 Å². The van der Waals surface area contributed by atoms with Gasteiger partial charge in [0.1, 0.15) is 12.4 Å². The summed E-state index contributed by atoms with van der Waals surface area (Å²) in [7, 11) is 0. The van der Waals surface area contributed by atoms with Crippen LogP contribution in [-0.2, 0) is 22.7 Å². The number of imide groups is 1. The van der Waals surface area contributed by atoms with Gasteiger partial charge in [-0.25, -0.2) is 9.07 Å². The van der Waals surface area contributed by atoms with Gasteiger partial charge in [0.2, 0.25) is 11.8 Å². The van der Waals surface area contributed by atoms with Crippen molar-refractivity contribution >= 4 is 46.1 Å². The molecule has 1 aliphatic rings. The van der Waals surface area contributed by atoms with E-state index in [0.29, 0.717) is 11.4 Å². The minimum atomic E-state index is -0.587. The van der Waals surface area contributed by atoms with Crippen LogP contribution < -0.4 is 5.32 Å². The molecule has 8 nitrogen and oxygen atoms in total. The number of amides is 3. The number of hydrogen-bond acceptors (Lipinski definition) is 6. The molecule has 2 heterocycles. The van der Waals surface area contributed by atoms with E-state index in [-0.39, 0.29) is 35.0 Å². The van der Waals surface area contributed by atoms with E-state index in [1.54, 1.807) is 0 Å². The number of anilines is 1. The van der Waals surface area contributed by atoms with Crippen LogP contribution in [0.25, 0.3) is 0 Å². The number of nitrogens with zero attached hydrogens (tertiary/aromatic N) is 4. The fourth-order valence-corrected chi connectivity index (χ4v) is 3.05. The molecule has 0 spiro atoms. The van der Waals surface area contributed by atoms with Gasteiger partial charge in [-0.3, -0.25) is 19.3 Å². The Hall–Kier alpha value is -2.46. The molecule has 0 saturated carbocycles. The molecular weight excluding hydrogens is 373 g/mol. The molecule has 0 aliphatic carbocycles. The first-order valence-electron chi connectivity index (χ1n) is 7.03. The number of halogens is 2. The summed E-state index contributed by atoms with van der Waals surface area (Å²) in [5.74, 6) is -1.22. The zero-order chi connectivity index (χ0) is 18.0. The first-order valence-corrected chi connectivity index (χ1v) is 8.40. The molecule has 1 saturated heterocycles. The van der Waals surface area contributed by atoms with Crippen molar-refractivity contribution in [2.24, 2.45) is 0 Å². The van der Waals surface area contributed by atoms with Crippen molar-refractivity contribution in [3.63, 3.8) is 0 Å². The summed E-state index contributed by atoms with van der Waals surface area (Å²) in [6, 6.07) is 3.80. The Morgan fingerprint density at radius 2 is 2.20 bits per heavy atom. The highest BCUT2D eigenvalue weighted by molar-refractivity contribution is 8.14. The Morgan fingerprint density at radius 1 is 1.40 bits per heavy atom. The average Bonchev–Trinajstić information content (AvgIpc) is 3.12. The molecule has 1 aromatic heterocycles. The van der Waals surface area contributed by atoms with Gasteiger partial charge in [0.15, 0.2) is 0 Å². The fourth-order valence-electron chi connectivity index (χ4n) is 2.14. The zero-order valence-electron chi connectivity index (χ0n) is 12.6. The summed E-state index contributed by atoms with van der Waals surface area (Å²) in [6.45, 7) is -0.193. The predicted octanol–water partition coefficient (Wildman–Crippen LogP) is 1.90. The smallest absolute Gasteiger partial charge is 0.289 e. The van der Waals surface area contributed by atoms with Crippen LogP contribution in [-0.4, -0.2) is 42.7 Å². The van der Waals surface area contributed by atoms with Gasteiger partial charge in [-0.15, -0.1) is 5.10 Å². The molecule has 130 valence electrons. The van der Waals surface area contributed by atoms with Crippen LogP contribution in [0.3, 0.4) is 0 Å². The Labute approximate surface area is 150 Å². The van der Waals surface area contributed by atoms with Crippen molar-refractivity contribution in [1.82, 2.24) is 19.9 Å². The van der Waals surface area contributed by atoms with Crippen LogP contribution in [0.2, 0.25) is 5.02 Å². The maximum Gasteiger partial charge on any atom is 0.289 e. The monoisotopic (exact) mass is 383 g/mol. The molecule has 3 amide bonds. The van der Waals surface area contributed by atoms with Crippen molar-refractivity contribution in [2.75, 3.05) is 11.1 Å². The van der Waals surface area contributed by atoms with E-state index in [4.69, 9.17) is 11.6 Å². The second-order valence-corrected chi connectivity index (χ2v) is 6.43. The van der Waals surface area contributed by atoms with Crippen LogP contribution in [0.4, 0.5) is 14.9 Å². The average molecular weight is 384 g/mol. The number of benzene rings is 1. The maximum absolute atomic E-state index is 13.1. The summed E-state index contributed by atoms with van der Waals surface area (Å²) in [6.07, 6.45) is 1.38. The first kappa shape index (κ1) is 17.4. The lowest BCUT2D eigenvalue weighted by Crippen LogP contribution is -2.30. The highest BCUT2D eigenvalue weighted by Gasteiger charge is 2.30. The van der Waals surface area contributed by atoms with Gasteiger partial charge in [-0.2, -0.15) is 0 Å². The number of rotatable bonds is 5. The summed E-state index contributed by atoms with van der Waals surface area (Å²) >= 11 is 6.59. The Balaban J connectivity index is 1.66. The molecule has 2 aromatic rings. The molecule has 0 atom stereocenters. The molecule has 1 aliphatic heterocycles. The Bertz CT molecular complexity index is 843. The number of nitrogens with one attached hydrogen (secondary N) is 1. The van der Waals surface area contributed by atoms with E-state index < -0.39 is 11.7 Å². The number of carbonyl (C=O) groups excluding carboxylic acids is 3. The van der Waals surface area contributed by atoms with Gasteiger partial charge < -0.3 is 5.32 Å². The maximum atomic E-state index is 13.1. The SMILES string of the molecule is O=C(Cn1nncc1CN1C(=O)CSC1=O)Nc1ccc(F)c(Cl)c1. The number of aromatic nitrogens is 3. The molecule has 3 rings (SSSR count). The third-order valence-corrected chi connectivity index (χ3v) is 4.50. The molecule has 25 heavy (non-hydrogen) atoms. The van der Waals surface area contributed by atoms with E-state index >= 15 is 0 Å². The Kier molecular flexibility index (Phi) is 5.00. The third kappa shape index (κ3) is 3.97. The molecule has 11 heteroatoms. The van der Waals surface area contributed by atoms with Gasteiger partial charge in [-0.1, -0.05) is 28.6 Å². The second kappa shape index (κ2) is 7.19. The number of thioether (sulfide) groups is 1. The zero-order valence-corrected chi connectivity index (χ0v) is 14.2. The minimum Gasteiger partial charge on any atom is -0.324 e. The van der Waals surface area contributed by atoms with Gasteiger partial charge in [0, 0.05) is 5.69 Å². The van der Waals surface area contributed by atoms with Crippen molar-refractivity contribution in [2.45, 2.75) is 13.1 Å². The van der Waals surface area contributed by atoms with Gasteiger partial charge in [-0.05, 0) is 18.2 Å². The standard InChI is InChI=1S/C14H11ClFN5O3S/c15-10-3-8(1-2-11(10)16)18-12(22)6-21-9(4-17-19-21)5-20-13(23)7-25-14(20)24/h1-4H,5-7H2,(H,18,22). The second-order valence-electron chi connectivity index (χ2n) is 5.09. The molecular formula is C14H11ClFN5O3S. The van der Waals surface area contributed by atoms with Crippen molar-refractivity contribution in [3.05, 3.63) is 40.9 Å². The van der Waals surface area contributed by atoms with Gasteiger partial charge >= 0.3 is 0 Å². The Morgan fingerprint density at radius 3 is 2.88 bits per heavy atom. The van der Waals surface area contributed by atoms with E-state index in [0.717, 1.165) is 22.7 Å². The fraction of sp³-hybridized carbons (Fsp3) is 0.214.